The predicted octanol–water partition coefficient (Wildman–Crippen LogP) is 1.63. The maximum absolute atomic E-state index is 12.4. The van der Waals surface area contributed by atoms with E-state index in [1.807, 2.05) is 45.0 Å². The maximum Gasteiger partial charge on any atom is 0.244 e. The van der Waals surface area contributed by atoms with Gasteiger partial charge >= 0.3 is 0 Å². The fraction of sp³-hybridized carbons (Fsp3) is 0.533. The highest BCUT2D eigenvalue weighted by atomic mass is 16.5. The molecule has 0 bridgehead atoms. The molecule has 0 saturated carbocycles. The van der Waals surface area contributed by atoms with Crippen molar-refractivity contribution in [1.82, 2.24) is 4.90 Å². The molecule has 1 amide bonds. The first-order valence-corrected chi connectivity index (χ1v) is 6.64. The molecule has 0 aliphatic carbocycles. The number of benzene rings is 1. The molecule has 19 heavy (non-hydrogen) atoms. The van der Waals surface area contributed by atoms with Gasteiger partial charge in [0.15, 0.2) is 0 Å². The minimum absolute atomic E-state index is 0.0276. The van der Waals surface area contributed by atoms with Crippen molar-refractivity contribution in [3.8, 4) is 0 Å². The fourth-order valence-corrected chi connectivity index (χ4v) is 2.32. The summed E-state index contributed by atoms with van der Waals surface area (Å²) < 4.78 is 5.61. The van der Waals surface area contributed by atoms with Crippen molar-refractivity contribution >= 4 is 5.91 Å². The Hall–Kier alpha value is -1.39. The van der Waals surface area contributed by atoms with Crippen LogP contribution in [0.3, 0.4) is 0 Å². The van der Waals surface area contributed by atoms with E-state index in [4.69, 9.17) is 10.5 Å². The molecule has 104 valence electrons. The van der Waals surface area contributed by atoms with Gasteiger partial charge in [-0.15, -0.1) is 0 Å². The molecule has 4 nitrogen and oxygen atoms in total. The molecule has 1 atom stereocenters. The van der Waals surface area contributed by atoms with Gasteiger partial charge in [0.05, 0.1) is 12.2 Å². The number of aryl methyl sites for hydroxylation is 1. The number of nitrogens with zero attached hydrogens (tertiary/aromatic N) is 1. The monoisotopic (exact) mass is 262 g/mol. The van der Waals surface area contributed by atoms with Crippen molar-refractivity contribution in [1.29, 1.82) is 0 Å². The molecule has 0 spiro atoms. The molecule has 4 heteroatoms. The molecule has 1 aliphatic rings. The lowest BCUT2D eigenvalue weighted by molar-refractivity contribution is -0.147. The lowest BCUT2D eigenvalue weighted by Gasteiger charge is -2.39. The summed E-state index contributed by atoms with van der Waals surface area (Å²) in [4.78, 5) is 14.2. The Balaban J connectivity index is 2.08. The van der Waals surface area contributed by atoms with Crippen molar-refractivity contribution in [2.24, 2.45) is 5.73 Å². The smallest absolute Gasteiger partial charge is 0.244 e. The number of ether oxygens (including phenoxy) is 1. The van der Waals surface area contributed by atoms with Crippen molar-refractivity contribution in [3.63, 3.8) is 0 Å². The second-order valence-electron chi connectivity index (χ2n) is 5.76. The van der Waals surface area contributed by atoms with Crippen LogP contribution in [0.1, 0.15) is 31.0 Å². The van der Waals surface area contributed by atoms with E-state index in [2.05, 4.69) is 0 Å². The predicted molar refractivity (Wildman–Crippen MR) is 74.7 cm³/mol. The van der Waals surface area contributed by atoms with Gasteiger partial charge in [-0.1, -0.05) is 29.8 Å². The van der Waals surface area contributed by atoms with Crippen LogP contribution in [-0.4, -0.2) is 36.1 Å². The Labute approximate surface area is 114 Å². The summed E-state index contributed by atoms with van der Waals surface area (Å²) in [5, 5.41) is 0. The number of carbonyl (C=O) groups excluding carboxylic acids is 1. The summed E-state index contributed by atoms with van der Waals surface area (Å²) >= 11 is 0. The zero-order valence-corrected chi connectivity index (χ0v) is 11.8. The minimum Gasteiger partial charge on any atom is -0.372 e. The van der Waals surface area contributed by atoms with Crippen LogP contribution in [0.25, 0.3) is 0 Å². The van der Waals surface area contributed by atoms with Crippen molar-refractivity contribution < 1.29 is 9.53 Å². The molecule has 1 aromatic rings. The van der Waals surface area contributed by atoms with E-state index in [0.29, 0.717) is 19.7 Å². The van der Waals surface area contributed by atoms with Gasteiger partial charge in [0.2, 0.25) is 5.91 Å². The number of morpholine rings is 1. The first kappa shape index (κ1) is 14.0. The van der Waals surface area contributed by atoms with Crippen molar-refractivity contribution in [3.05, 3.63) is 35.4 Å². The van der Waals surface area contributed by atoms with Crippen molar-refractivity contribution in [2.75, 3.05) is 19.7 Å². The lowest BCUT2D eigenvalue weighted by atomic mass is 10.0. The number of rotatable bonds is 2. The summed E-state index contributed by atoms with van der Waals surface area (Å²) in [5.74, 6) is -0.0276. The molecule has 1 heterocycles. The average Bonchev–Trinajstić information content (AvgIpc) is 2.37. The molecule has 2 rings (SSSR count). The first-order chi connectivity index (χ1) is 8.89. The topological polar surface area (TPSA) is 55.6 Å². The average molecular weight is 262 g/mol. The van der Waals surface area contributed by atoms with Crippen LogP contribution in [0.2, 0.25) is 0 Å². The number of nitrogens with two attached hydrogens (primary N) is 1. The maximum atomic E-state index is 12.4. The van der Waals surface area contributed by atoms with Crippen LogP contribution in [0.5, 0.6) is 0 Å². The zero-order valence-electron chi connectivity index (χ0n) is 11.8. The SMILES string of the molecule is Cc1ccc(C(N)C(=O)N2CCOC(C)(C)C2)cc1. The number of hydrogen-bond acceptors (Lipinski definition) is 3. The molecule has 1 aromatic carbocycles. The number of amides is 1. The van der Waals surface area contributed by atoms with E-state index < -0.39 is 6.04 Å². The van der Waals surface area contributed by atoms with Crippen molar-refractivity contribution in [2.45, 2.75) is 32.4 Å². The highest BCUT2D eigenvalue weighted by molar-refractivity contribution is 5.83. The molecule has 0 radical (unpaired) electrons. The van der Waals surface area contributed by atoms with Crippen LogP contribution in [0.15, 0.2) is 24.3 Å². The third-order valence-corrected chi connectivity index (χ3v) is 3.44. The molecule has 0 aromatic heterocycles. The second-order valence-corrected chi connectivity index (χ2v) is 5.76. The van der Waals surface area contributed by atoms with E-state index in [9.17, 15) is 4.79 Å². The summed E-state index contributed by atoms with van der Waals surface area (Å²) in [7, 11) is 0. The van der Waals surface area contributed by atoms with Crippen LogP contribution >= 0.6 is 0 Å². The molecule has 2 N–H and O–H groups in total. The van der Waals surface area contributed by atoms with Crippen LogP contribution in [0, 0.1) is 6.92 Å². The lowest BCUT2D eigenvalue weighted by Crippen LogP contribution is -2.52. The van der Waals surface area contributed by atoms with E-state index in [-0.39, 0.29) is 11.5 Å². The van der Waals surface area contributed by atoms with Gasteiger partial charge in [-0.05, 0) is 26.3 Å². The largest absolute Gasteiger partial charge is 0.372 e. The Morgan fingerprint density at radius 2 is 2.00 bits per heavy atom. The van der Waals surface area contributed by atoms with E-state index in [0.717, 1.165) is 11.1 Å². The summed E-state index contributed by atoms with van der Waals surface area (Å²) in [5.41, 5.74) is 7.81. The molecule has 1 fully saturated rings. The van der Waals surface area contributed by atoms with Gasteiger partial charge in [0.1, 0.15) is 6.04 Å². The van der Waals surface area contributed by atoms with Gasteiger partial charge in [0.25, 0.3) is 0 Å². The standard InChI is InChI=1S/C15H22N2O2/c1-11-4-6-12(7-5-11)13(16)14(18)17-8-9-19-15(2,3)10-17/h4-7,13H,8-10,16H2,1-3H3. The molecular formula is C15H22N2O2. The molecular weight excluding hydrogens is 240 g/mol. The third-order valence-electron chi connectivity index (χ3n) is 3.44. The molecule has 1 saturated heterocycles. The Bertz CT molecular complexity index is 454. The number of hydrogen-bond donors (Lipinski definition) is 1. The van der Waals surface area contributed by atoms with Gasteiger partial charge in [-0.25, -0.2) is 0 Å². The molecule has 1 unspecified atom stereocenters. The summed E-state index contributed by atoms with van der Waals surface area (Å²) in [6.07, 6.45) is 0. The number of carbonyl (C=O) groups is 1. The highest BCUT2D eigenvalue weighted by Gasteiger charge is 2.32. The third kappa shape index (κ3) is 3.33. The summed E-state index contributed by atoms with van der Waals surface area (Å²) in [6.45, 7) is 7.77. The van der Waals surface area contributed by atoms with Gasteiger partial charge in [0, 0.05) is 13.1 Å². The normalized spacial score (nSPS) is 20.1. The van der Waals surface area contributed by atoms with Gasteiger partial charge in [-0.3, -0.25) is 4.79 Å². The van der Waals surface area contributed by atoms with E-state index >= 15 is 0 Å². The molecule has 1 aliphatic heterocycles. The summed E-state index contributed by atoms with van der Waals surface area (Å²) in [6, 6.07) is 7.21. The first-order valence-electron chi connectivity index (χ1n) is 6.64. The van der Waals surface area contributed by atoms with E-state index in [1.54, 1.807) is 4.90 Å². The Morgan fingerprint density at radius 1 is 1.37 bits per heavy atom. The van der Waals surface area contributed by atoms with Gasteiger partial charge in [-0.2, -0.15) is 0 Å². The van der Waals surface area contributed by atoms with Gasteiger partial charge < -0.3 is 15.4 Å². The minimum atomic E-state index is -0.588. The fourth-order valence-electron chi connectivity index (χ4n) is 2.32. The van der Waals surface area contributed by atoms with Crippen LogP contribution in [0.4, 0.5) is 0 Å². The van der Waals surface area contributed by atoms with E-state index in [1.165, 1.54) is 0 Å². The zero-order chi connectivity index (χ0) is 14.0. The van der Waals surface area contributed by atoms with Crippen LogP contribution in [-0.2, 0) is 9.53 Å². The highest BCUT2D eigenvalue weighted by Crippen LogP contribution is 2.20. The quantitative estimate of drug-likeness (QED) is 0.881. The van der Waals surface area contributed by atoms with Crippen LogP contribution < -0.4 is 5.73 Å². The second kappa shape index (κ2) is 5.31. The Morgan fingerprint density at radius 3 is 2.58 bits per heavy atom. The Kier molecular flexibility index (Phi) is 3.92.